The number of oxime groups is 1. The van der Waals surface area contributed by atoms with Gasteiger partial charge in [0, 0.05) is 33.6 Å². The average molecular weight is 648 g/mol. The monoisotopic (exact) mass is 647 g/mol. The summed E-state index contributed by atoms with van der Waals surface area (Å²) in [6.45, 7) is 0. The number of thioether (sulfide) groups is 2. The number of hydrogen-bond donors (Lipinski definition) is 4. The number of aromatic amines is 1. The molecule has 0 saturated carbocycles. The first-order valence-electron chi connectivity index (χ1n) is 13.3. The number of anilines is 1. The first-order valence-corrected chi connectivity index (χ1v) is 16.2. The zero-order valence-corrected chi connectivity index (χ0v) is 25.3. The van der Waals surface area contributed by atoms with E-state index in [0.717, 1.165) is 28.0 Å². The van der Waals surface area contributed by atoms with Crippen LogP contribution in [0, 0.1) is 0 Å². The molecular formula is C29H25N7O5S3. The molecule has 6 rings (SSSR count). The second-order valence-electron chi connectivity index (χ2n) is 9.65. The lowest BCUT2D eigenvalue weighted by molar-refractivity contribution is -0.154. The quantitative estimate of drug-likeness (QED) is 0.0655. The van der Waals surface area contributed by atoms with Crippen LogP contribution in [-0.2, 0) is 24.9 Å². The molecule has 15 heteroatoms. The molecule has 1 fully saturated rings. The van der Waals surface area contributed by atoms with E-state index >= 15 is 0 Å². The highest BCUT2D eigenvalue weighted by molar-refractivity contribution is 8.05. The summed E-state index contributed by atoms with van der Waals surface area (Å²) >= 11 is 3.91. The van der Waals surface area contributed by atoms with E-state index in [1.54, 1.807) is 12.4 Å². The SMILES string of the molecule is Nc1nc(/C(=N/O)C(=O)N[C@@H]2C(=O)N3C(C(=O)OC(c4ccccc4)c4ccccc4)=C(SCc4cn[nH]c4)CS[C@H]23)cs1. The largest absolute Gasteiger partial charge is 0.448 e. The van der Waals surface area contributed by atoms with Gasteiger partial charge in [-0.3, -0.25) is 19.6 Å². The maximum atomic E-state index is 14.1. The molecule has 2 aliphatic heterocycles. The number of carbonyl (C=O) groups is 3. The number of H-pyrrole nitrogens is 1. The summed E-state index contributed by atoms with van der Waals surface area (Å²) in [7, 11) is 0. The number of nitrogens with one attached hydrogen (secondary N) is 2. The maximum Gasteiger partial charge on any atom is 0.356 e. The number of fused-ring (bicyclic) bond motifs is 1. The van der Waals surface area contributed by atoms with Crippen molar-refractivity contribution in [2.75, 3.05) is 11.5 Å². The number of β-lactam (4-membered cyclic amide) rings is 1. The summed E-state index contributed by atoms with van der Waals surface area (Å²) in [5, 5.41) is 23.1. The molecule has 1 saturated heterocycles. The van der Waals surface area contributed by atoms with E-state index in [4.69, 9.17) is 10.5 Å². The smallest absolute Gasteiger partial charge is 0.356 e. The molecule has 0 unspecified atom stereocenters. The fourth-order valence-corrected chi connectivity index (χ4v) is 7.88. The number of amides is 2. The number of nitrogens with zero attached hydrogens (tertiary/aromatic N) is 4. The van der Waals surface area contributed by atoms with Crippen molar-refractivity contribution < 1.29 is 24.3 Å². The number of nitrogen functional groups attached to an aromatic ring is 1. The highest BCUT2D eigenvalue weighted by Gasteiger charge is 2.55. The van der Waals surface area contributed by atoms with Crippen LogP contribution in [0.2, 0.25) is 0 Å². The van der Waals surface area contributed by atoms with Crippen LogP contribution < -0.4 is 11.1 Å². The molecule has 0 bridgehead atoms. The van der Waals surface area contributed by atoms with Gasteiger partial charge in [-0.25, -0.2) is 9.78 Å². The lowest BCUT2D eigenvalue weighted by atomic mass is 10.0. The van der Waals surface area contributed by atoms with E-state index in [9.17, 15) is 19.6 Å². The van der Waals surface area contributed by atoms with Gasteiger partial charge in [0.05, 0.1) is 6.20 Å². The van der Waals surface area contributed by atoms with Gasteiger partial charge in [0.25, 0.3) is 11.8 Å². The van der Waals surface area contributed by atoms with Crippen molar-refractivity contribution in [1.82, 2.24) is 25.4 Å². The summed E-state index contributed by atoms with van der Waals surface area (Å²) in [4.78, 5) is 46.7. The first-order chi connectivity index (χ1) is 21.4. The van der Waals surface area contributed by atoms with Crippen LogP contribution in [0.15, 0.2) is 94.2 Å². The normalized spacial score (nSPS) is 18.2. The third-order valence-corrected chi connectivity index (χ3v) is 10.2. The second-order valence-corrected chi connectivity index (χ2v) is 12.7. The summed E-state index contributed by atoms with van der Waals surface area (Å²) in [6, 6.07) is 17.8. The summed E-state index contributed by atoms with van der Waals surface area (Å²) in [5.74, 6) is -1.02. The van der Waals surface area contributed by atoms with E-state index in [2.05, 4.69) is 25.7 Å². The zero-order valence-electron chi connectivity index (χ0n) is 22.8. The third kappa shape index (κ3) is 5.93. The molecular weight excluding hydrogens is 623 g/mol. The number of aromatic nitrogens is 3. The Balaban J connectivity index is 1.28. The Kier molecular flexibility index (Phi) is 8.67. The molecule has 2 aromatic carbocycles. The lowest BCUT2D eigenvalue weighted by Crippen LogP contribution is -2.71. The van der Waals surface area contributed by atoms with Crippen molar-refractivity contribution in [3.05, 3.63) is 111 Å². The molecule has 2 atom stereocenters. The van der Waals surface area contributed by atoms with Crippen LogP contribution in [0.4, 0.5) is 5.13 Å². The Morgan fingerprint density at radius 1 is 1.18 bits per heavy atom. The Morgan fingerprint density at radius 3 is 2.48 bits per heavy atom. The van der Waals surface area contributed by atoms with E-state index < -0.39 is 35.3 Å². The Bertz CT molecular complexity index is 1690. The Morgan fingerprint density at radius 2 is 1.89 bits per heavy atom. The van der Waals surface area contributed by atoms with Crippen LogP contribution in [0.25, 0.3) is 0 Å². The van der Waals surface area contributed by atoms with Crippen molar-refractivity contribution >= 4 is 63.5 Å². The molecule has 5 N–H and O–H groups in total. The molecule has 2 aromatic heterocycles. The number of nitrogens with two attached hydrogens (primary N) is 1. The van der Waals surface area contributed by atoms with Gasteiger partial charge in [-0.15, -0.1) is 34.9 Å². The van der Waals surface area contributed by atoms with Crippen molar-refractivity contribution in [2.24, 2.45) is 5.16 Å². The van der Waals surface area contributed by atoms with Crippen LogP contribution in [0.1, 0.15) is 28.5 Å². The molecule has 2 aliphatic rings. The minimum absolute atomic E-state index is 0.0855. The van der Waals surface area contributed by atoms with Crippen LogP contribution in [-0.4, -0.2) is 66.0 Å². The highest BCUT2D eigenvalue weighted by Crippen LogP contribution is 2.45. The standard InChI is InChI=1S/C29H25N7O5S3/c30-29-33-19(14-44-29)21(35-40)25(37)34-22-26(38)36-23(20(15-43-27(22)36)42-13-16-11-31-32-12-16)28(39)41-24(17-7-3-1-4-8-17)18-9-5-2-6-10-18/h1-12,14,22,24,27,40H,13,15H2,(H2,30,33)(H,31,32)(H,34,37)/b35-21-/t22-,27-/m1/s1. The van der Waals surface area contributed by atoms with Crippen molar-refractivity contribution in [1.29, 1.82) is 0 Å². The summed E-state index contributed by atoms with van der Waals surface area (Å²) in [6.07, 6.45) is 2.75. The van der Waals surface area contributed by atoms with Gasteiger partial charge >= 0.3 is 5.97 Å². The Labute approximate surface area is 263 Å². The fourth-order valence-electron chi connectivity index (χ4n) is 4.78. The number of thiazole rings is 1. The second kappa shape index (κ2) is 13.0. The molecule has 2 amide bonds. The van der Waals surface area contributed by atoms with Crippen molar-refractivity contribution in [3.8, 4) is 0 Å². The minimum atomic E-state index is -0.970. The fraction of sp³-hybridized carbons (Fsp3) is 0.172. The highest BCUT2D eigenvalue weighted by atomic mass is 32.2. The molecule has 0 aliphatic carbocycles. The van der Waals surface area contributed by atoms with E-state index in [0.29, 0.717) is 16.4 Å². The zero-order chi connectivity index (χ0) is 30.6. The van der Waals surface area contributed by atoms with Crippen molar-refractivity contribution in [3.63, 3.8) is 0 Å². The average Bonchev–Trinajstić information content (AvgIpc) is 3.74. The van der Waals surface area contributed by atoms with Crippen molar-refractivity contribution in [2.45, 2.75) is 23.3 Å². The predicted octanol–water partition coefficient (Wildman–Crippen LogP) is 3.50. The van der Waals surface area contributed by atoms with Gasteiger partial charge in [-0.1, -0.05) is 65.8 Å². The number of rotatable bonds is 10. The summed E-state index contributed by atoms with van der Waals surface area (Å²) in [5.41, 5.74) is 7.99. The number of esters is 1. The van der Waals surface area contributed by atoms with E-state index in [1.165, 1.54) is 33.8 Å². The number of carbonyl (C=O) groups excluding carboxylic acids is 3. The van der Waals surface area contributed by atoms with Gasteiger partial charge in [0.1, 0.15) is 22.8 Å². The minimum Gasteiger partial charge on any atom is -0.448 e. The molecule has 12 nitrogen and oxygen atoms in total. The van der Waals surface area contributed by atoms with Gasteiger partial charge in [0.2, 0.25) is 0 Å². The first kappa shape index (κ1) is 29.5. The lowest BCUT2D eigenvalue weighted by Gasteiger charge is -2.49. The topological polar surface area (TPSA) is 176 Å². The number of ether oxygens (including phenoxy) is 1. The molecule has 0 spiro atoms. The number of benzene rings is 2. The molecule has 0 radical (unpaired) electrons. The predicted molar refractivity (Wildman–Crippen MR) is 168 cm³/mol. The summed E-state index contributed by atoms with van der Waals surface area (Å²) < 4.78 is 6.17. The van der Waals surface area contributed by atoms with Crippen LogP contribution in [0.3, 0.4) is 0 Å². The molecule has 4 aromatic rings. The van der Waals surface area contributed by atoms with Gasteiger partial charge < -0.3 is 21.0 Å². The number of hydrogen-bond acceptors (Lipinski definition) is 12. The van der Waals surface area contributed by atoms with E-state index in [1.807, 2.05) is 60.7 Å². The van der Waals surface area contributed by atoms with E-state index in [-0.39, 0.29) is 22.2 Å². The molecule has 224 valence electrons. The van der Waals surface area contributed by atoms with Gasteiger partial charge in [-0.05, 0) is 11.1 Å². The van der Waals surface area contributed by atoms with Gasteiger partial charge in [0.15, 0.2) is 16.9 Å². The van der Waals surface area contributed by atoms with Gasteiger partial charge in [-0.2, -0.15) is 5.10 Å². The Hall–Kier alpha value is -4.60. The molecule has 44 heavy (non-hydrogen) atoms. The van der Waals surface area contributed by atoms with Crippen LogP contribution in [0.5, 0.6) is 0 Å². The maximum absolute atomic E-state index is 14.1. The molecule has 4 heterocycles. The third-order valence-electron chi connectivity index (χ3n) is 6.89. The van der Waals surface area contributed by atoms with Crippen LogP contribution >= 0.6 is 34.9 Å².